The Kier molecular flexibility index (Phi) is 5.39. The quantitative estimate of drug-likeness (QED) is 0.484. The Labute approximate surface area is 178 Å². The van der Waals surface area contributed by atoms with Gasteiger partial charge in [0.15, 0.2) is 0 Å². The molecule has 2 heterocycles. The Morgan fingerprint density at radius 3 is 2.58 bits per heavy atom. The Bertz CT molecular complexity index is 1210. The van der Waals surface area contributed by atoms with Crippen LogP contribution in [-0.4, -0.2) is 26.3 Å². The predicted octanol–water partition coefficient (Wildman–Crippen LogP) is 4.13. The number of hydrogen-bond acceptors (Lipinski definition) is 7. The van der Waals surface area contributed by atoms with E-state index in [0.29, 0.717) is 22.3 Å². The van der Waals surface area contributed by atoms with Crippen LogP contribution in [0.3, 0.4) is 0 Å². The lowest BCUT2D eigenvalue weighted by Crippen LogP contribution is -2.27. The summed E-state index contributed by atoms with van der Waals surface area (Å²) in [4.78, 5) is 17.1. The second-order valence-electron chi connectivity index (χ2n) is 7.75. The van der Waals surface area contributed by atoms with Crippen molar-refractivity contribution < 1.29 is 19.3 Å². The number of carbonyl (C=O) groups excluding carboxylic acids is 1. The highest BCUT2D eigenvalue weighted by molar-refractivity contribution is 5.96. The first-order valence-electron chi connectivity index (χ1n) is 9.80. The van der Waals surface area contributed by atoms with Gasteiger partial charge in [0.2, 0.25) is 5.88 Å². The molecule has 0 aliphatic heterocycles. The van der Waals surface area contributed by atoms with Crippen molar-refractivity contribution >= 4 is 16.9 Å². The van der Waals surface area contributed by atoms with E-state index in [1.165, 1.54) is 0 Å². The van der Waals surface area contributed by atoms with Gasteiger partial charge >= 0.3 is 0 Å². The molecule has 0 saturated carbocycles. The van der Waals surface area contributed by atoms with Gasteiger partial charge in [0.25, 0.3) is 5.91 Å². The number of nitrogens with one attached hydrogen (secondary N) is 1. The summed E-state index contributed by atoms with van der Waals surface area (Å²) in [5, 5.41) is 20.6. The maximum absolute atomic E-state index is 12.9. The van der Waals surface area contributed by atoms with E-state index in [4.69, 9.17) is 9.37 Å². The van der Waals surface area contributed by atoms with Crippen molar-refractivity contribution in [1.29, 1.82) is 0 Å². The molecule has 8 heteroatoms. The number of aromatic nitrogens is 3. The number of benzene rings is 2. The van der Waals surface area contributed by atoms with Gasteiger partial charge in [0.05, 0.1) is 11.6 Å². The molecule has 0 spiro atoms. The summed E-state index contributed by atoms with van der Waals surface area (Å²) in [5.74, 6) is 0.331. The van der Waals surface area contributed by atoms with E-state index in [-0.39, 0.29) is 17.8 Å². The van der Waals surface area contributed by atoms with Gasteiger partial charge in [-0.2, -0.15) is 0 Å². The summed E-state index contributed by atoms with van der Waals surface area (Å²) in [6.07, 6.45) is 1.56. The molecular formula is C23H22N4O4. The van der Waals surface area contributed by atoms with Crippen LogP contribution in [0.5, 0.6) is 11.6 Å². The second-order valence-corrected chi connectivity index (χ2v) is 7.75. The van der Waals surface area contributed by atoms with Gasteiger partial charge in [-0.15, -0.1) is 0 Å². The maximum Gasteiger partial charge on any atom is 0.257 e. The van der Waals surface area contributed by atoms with Crippen LogP contribution in [0.4, 0.5) is 0 Å². The lowest BCUT2D eigenvalue weighted by atomic mass is 9.96. The predicted molar refractivity (Wildman–Crippen MR) is 114 cm³/mol. The minimum absolute atomic E-state index is 0.181. The van der Waals surface area contributed by atoms with Gasteiger partial charge in [-0.25, -0.2) is 9.61 Å². The fourth-order valence-corrected chi connectivity index (χ4v) is 3.12. The van der Waals surface area contributed by atoms with E-state index in [2.05, 4.69) is 20.6 Å². The first kappa shape index (κ1) is 20.5. The molecular weight excluding hydrogens is 396 g/mol. The van der Waals surface area contributed by atoms with Crippen molar-refractivity contribution in [2.75, 3.05) is 0 Å². The third-order valence-corrected chi connectivity index (χ3v) is 4.92. The van der Waals surface area contributed by atoms with E-state index in [1.54, 1.807) is 50.4 Å². The summed E-state index contributed by atoms with van der Waals surface area (Å²) < 4.78 is 10.5. The van der Waals surface area contributed by atoms with E-state index >= 15 is 0 Å². The molecule has 1 unspecified atom stereocenters. The zero-order chi connectivity index (χ0) is 22.0. The summed E-state index contributed by atoms with van der Waals surface area (Å²) in [6.45, 7) is 5.35. The van der Waals surface area contributed by atoms with Crippen molar-refractivity contribution in [3.8, 4) is 11.6 Å². The van der Waals surface area contributed by atoms with Gasteiger partial charge in [-0.1, -0.05) is 24.3 Å². The monoisotopic (exact) mass is 418 g/mol. The van der Waals surface area contributed by atoms with Crippen LogP contribution in [-0.2, 0) is 5.60 Å². The zero-order valence-corrected chi connectivity index (χ0v) is 17.4. The normalized spacial score (nSPS) is 12.5. The van der Waals surface area contributed by atoms with Gasteiger partial charge in [0.1, 0.15) is 22.3 Å². The number of ether oxygens (including phenoxy) is 1. The highest BCUT2D eigenvalue weighted by Gasteiger charge is 2.19. The third kappa shape index (κ3) is 4.54. The number of pyridine rings is 1. The van der Waals surface area contributed by atoms with Crippen LogP contribution in [0.25, 0.3) is 11.0 Å². The fraction of sp³-hybridized carbons (Fsp3) is 0.217. The Morgan fingerprint density at radius 1 is 1.10 bits per heavy atom. The van der Waals surface area contributed by atoms with Crippen molar-refractivity contribution in [3.05, 3.63) is 77.5 Å². The first-order valence-corrected chi connectivity index (χ1v) is 9.80. The number of carbonyl (C=O) groups is 1. The standard InChI is InChI=1S/C23H22N4O4/c1-14(15-6-8-16(9-7-15)23(2,3)29)25-21(28)18-5-4-12-24-22(18)30-17-10-11-19-20(13-17)27-31-26-19/h4-14,29H,1-3H3,(H,25,28). The SMILES string of the molecule is CC(NC(=O)c1cccnc1Oc1ccc2nonc2c1)c1ccc(C(C)(C)O)cc1. The maximum atomic E-state index is 12.9. The molecule has 0 fully saturated rings. The van der Waals surface area contributed by atoms with Crippen molar-refractivity contribution in [2.45, 2.75) is 32.4 Å². The molecule has 0 radical (unpaired) electrons. The molecule has 0 bridgehead atoms. The second kappa shape index (κ2) is 8.16. The van der Waals surface area contributed by atoms with Crippen LogP contribution < -0.4 is 10.1 Å². The molecule has 4 rings (SSSR count). The van der Waals surface area contributed by atoms with Crippen molar-refractivity contribution in [3.63, 3.8) is 0 Å². The van der Waals surface area contributed by atoms with Gasteiger partial charge in [-0.3, -0.25) is 4.79 Å². The van der Waals surface area contributed by atoms with E-state index in [1.807, 2.05) is 31.2 Å². The molecule has 31 heavy (non-hydrogen) atoms. The molecule has 0 saturated heterocycles. The number of rotatable bonds is 6. The largest absolute Gasteiger partial charge is 0.438 e. The number of amides is 1. The molecule has 1 amide bonds. The average molecular weight is 418 g/mol. The smallest absolute Gasteiger partial charge is 0.257 e. The molecule has 158 valence electrons. The molecule has 2 aromatic heterocycles. The molecule has 2 N–H and O–H groups in total. The number of nitrogens with zero attached hydrogens (tertiary/aromatic N) is 3. The highest BCUT2D eigenvalue weighted by Crippen LogP contribution is 2.26. The Balaban J connectivity index is 1.51. The summed E-state index contributed by atoms with van der Waals surface area (Å²) >= 11 is 0. The molecule has 0 aliphatic rings. The van der Waals surface area contributed by atoms with E-state index < -0.39 is 5.60 Å². The number of aliphatic hydroxyl groups is 1. The Morgan fingerprint density at radius 2 is 1.84 bits per heavy atom. The van der Waals surface area contributed by atoms with Crippen molar-refractivity contribution in [1.82, 2.24) is 20.6 Å². The summed E-state index contributed by atoms with van der Waals surface area (Å²) in [5.41, 5.74) is 2.26. The van der Waals surface area contributed by atoms with Crippen LogP contribution in [0, 0.1) is 0 Å². The minimum Gasteiger partial charge on any atom is -0.438 e. The molecule has 2 aromatic carbocycles. The third-order valence-electron chi connectivity index (χ3n) is 4.92. The number of hydrogen-bond donors (Lipinski definition) is 2. The average Bonchev–Trinajstić information content (AvgIpc) is 3.21. The lowest BCUT2D eigenvalue weighted by Gasteiger charge is -2.20. The zero-order valence-electron chi connectivity index (χ0n) is 17.4. The summed E-state index contributed by atoms with van der Waals surface area (Å²) in [7, 11) is 0. The number of fused-ring (bicyclic) bond motifs is 1. The molecule has 0 aliphatic carbocycles. The van der Waals surface area contributed by atoms with E-state index in [0.717, 1.165) is 11.1 Å². The van der Waals surface area contributed by atoms with Gasteiger partial charge in [0, 0.05) is 12.3 Å². The minimum atomic E-state index is -0.919. The van der Waals surface area contributed by atoms with Crippen molar-refractivity contribution in [2.24, 2.45) is 0 Å². The first-order chi connectivity index (χ1) is 14.8. The van der Waals surface area contributed by atoms with Crippen LogP contribution >= 0.6 is 0 Å². The summed E-state index contributed by atoms with van der Waals surface area (Å²) in [6, 6.07) is 15.6. The lowest BCUT2D eigenvalue weighted by molar-refractivity contribution is 0.0785. The molecule has 1 atom stereocenters. The molecule has 4 aromatic rings. The van der Waals surface area contributed by atoms with Crippen LogP contribution in [0.1, 0.15) is 48.3 Å². The van der Waals surface area contributed by atoms with Gasteiger partial charge in [-0.05, 0) is 66.5 Å². The van der Waals surface area contributed by atoms with Crippen LogP contribution in [0.2, 0.25) is 0 Å². The van der Waals surface area contributed by atoms with Crippen LogP contribution in [0.15, 0.2) is 65.4 Å². The molecule has 8 nitrogen and oxygen atoms in total. The fourth-order valence-electron chi connectivity index (χ4n) is 3.12. The highest BCUT2D eigenvalue weighted by atomic mass is 16.6. The van der Waals surface area contributed by atoms with Gasteiger partial charge < -0.3 is 15.2 Å². The Hall–Kier alpha value is -3.78. The van der Waals surface area contributed by atoms with E-state index in [9.17, 15) is 9.90 Å². The topological polar surface area (TPSA) is 110 Å².